The molecule has 0 aliphatic rings. The Balaban J connectivity index is 1.32. The number of benzene rings is 2. The van der Waals surface area contributed by atoms with Crippen LogP contribution in [0.15, 0.2) is 65.8 Å². The molecule has 3 nitrogen and oxygen atoms in total. The maximum atomic E-state index is 4.75. The predicted octanol–water partition coefficient (Wildman–Crippen LogP) is 10.2. The lowest BCUT2D eigenvalue weighted by Gasteiger charge is -2.11. The van der Waals surface area contributed by atoms with E-state index in [2.05, 4.69) is 91.3 Å². The van der Waals surface area contributed by atoms with Crippen LogP contribution in [0, 0.1) is 0 Å². The minimum atomic E-state index is 0.981. The summed E-state index contributed by atoms with van der Waals surface area (Å²) in [6.45, 7) is 3.38. The molecule has 1 heterocycles. The zero-order valence-electron chi connectivity index (χ0n) is 25.2. The Kier molecular flexibility index (Phi) is 14.7. The van der Waals surface area contributed by atoms with Crippen LogP contribution in [0.4, 0.5) is 11.4 Å². The molecular weight excluding hydrogens is 474 g/mol. The molecule has 0 aliphatic heterocycles. The largest absolute Gasteiger partial charge is 0.378 e. The van der Waals surface area contributed by atoms with E-state index in [0.29, 0.717) is 0 Å². The monoisotopic (exact) mass is 528 g/mol. The number of rotatable bonds is 20. The van der Waals surface area contributed by atoms with Crippen molar-refractivity contribution in [3.05, 3.63) is 66.4 Å². The lowest BCUT2D eigenvalue weighted by atomic mass is 10.0. The van der Waals surface area contributed by atoms with Crippen LogP contribution in [0.2, 0.25) is 0 Å². The van der Waals surface area contributed by atoms with E-state index in [1.165, 1.54) is 125 Å². The highest BCUT2D eigenvalue weighted by Crippen LogP contribution is 2.20. The second kappa shape index (κ2) is 18.6. The van der Waals surface area contributed by atoms with E-state index in [1.54, 1.807) is 0 Å². The molecular formula is C36H54N3+. The molecule has 39 heavy (non-hydrogen) atoms. The fourth-order valence-electron chi connectivity index (χ4n) is 5.43. The summed E-state index contributed by atoms with van der Waals surface area (Å²) in [5.41, 5.74) is 4.64. The molecule has 0 unspecified atom stereocenters. The highest BCUT2D eigenvalue weighted by molar-refractivity contribution is 5.97. The number of anilines is 1. The van der Waals surface area contributed by atoms with Crippen molar-refractivity contribution in [3.63, 3.8) is 0 Å². The van der Waals surface area contributed by atoms with Gasteiger partial charge in [0, 0.05) is 50.1 Å². The van der Waals surface area contributed by atoms with Crippen LogP contribution >= 0.6 is 0 Å². The fourth-order valence-corrected chi connectivity index (χ4v) is 5.43. The minimum absolute atomic E-state index is 0.981. The third-order valence-corrected chi connectivity index (χ3v) is 7.93. The molecule has 2 aromatic carbocycles. The van der Waals surface area contributed by atoms with Gasteiger partial charge in [0.15, 0.2) is 6.20 Å². The Morgan fingerprint density at radius 2 is 1.18 bits per heavy atom. The first kappa shape index (κ1) is 30.9. The molecule has 0 N–H and O–H groups in total. The third-order valence-electron chi connectivity index (χ3n) is 7.93. The van der Waals surface area contributed by atoms with Gasteiger partial charge in [-0.2, -0.15) is 4.57 Å². The van der Waals surface area contributed by atoms with Crippen molar-refractivity contribution >= 4 is 28.5 Å². The van der Waals surface area contributed by atoms with Gasteiger partial charge in [-0.05, 0) is 36.8 Å². The van der Waals surface area contributed by atoms with Crippen molar-refractivity contribution in [2.45, 2.75) is 116 Å². The Bertz CT molecular complexity index is 1080. The lowest BCUT2D eigenvalue weighted by molar-refractivity contribution is -0.671. The van der Waals surface area contributed by atoms with E-state index < -0.39 is 0 Å². The molecule has 0 saturated heterocycles. The number of aliphatic imine (C=N–C) groups is 1. The summed E-state index contributed by atoms with van der Waals surface area (Å²) in [6.07, 6.45) is 26.8. The molecule has 212 valence electrons. The zero-order chi connectivity index (χ0) is 27.5. The molecule has 0 spiro atoms. The molecule has 3 heteroatoms. The number of aryl methyl sites for hydroxylation is 1. The van der Waals surface area contributed by atoms with Gasteiger partial charge in [0.2, 0.25) is 5.52 Å². The van der Waals surface area contributed by atoms with E-state index in [4.69, 9.17) is 4.99 Å². The highest BCUT2D eigenvalue weighted by Gasteiger charge is 2.11. The molecule has 0 fully saturated rings. The fraction of sp³-hybridized carbons (Fsp3) is 0.556. The van der Waals surface area contributed by atoms with Gasteiger partial charge in [-0.3, -0.25) is 4.99 Å². The zero-order valence-corrected chi connectivity index (χ0v) is 25.2. The molecule has 0 saturated carbocycles. The first-order valence-corrected chi connectivity index (χ1v) is 15.9. The summed E-state index contributed by atoms with van der Waals surface area (Å²) in [4.78, 5) is 6.86. The second-order valence-electron chi connectivity index (χ2n) is 11.5. The van der Waals surface area contributed by atoms with E-state index in [0.717, 1.165) is 12.2 Å². The van der Waals surface area contributed by atoms with Gasteiger partial charge in [0.05, 0.1) is 11.1 Å². The van der Waals surface area contributed by atoms with Gasteiger partial charge >= 0.3 is 0 Å². The summed E-state index contributed by atoms with van der Waals surface area (Å²) >= 11 is 0. The summed E-state index contributed by atoms with van der Waals surface area (Å²) < 4.78 is 2.42. The summed E-state index contributed by atoms with van der Waals surface area (Å²) in [5, 5.41) is 1.27. The molecule has 0 amide bonds. The van der Waals surface area contributed by atoms with Gasteiger partial charge in [0.25, 0.3) is 0 Å². The number of hydrogen-bond donors (Lipinski definition) is 0. The van der Waals surface area contributed by atoms with Crippen molar-refractivity contribution in [2.75, 3.05) is 19.0 Å². The number of nitrogens with zero attached hydrogens (tertiary/aromatic N) is 3. The number of pyridine rings is 1. The van der Waals surface area contributed by atoms with Gasteiger partial charge in [-0.1, -0.05) is 109 Å². The van der Waals surface area contributed by atoms with Crippen LogP contribution in [0.5, 0.6) is 0 Å². The Hall–Kier alpha value is -2.68. The summed E-state index contributed by atoms with van der Waals surface area (Å²) in [6, 6.07) is 19.3. The first-order chi connectivity index (χ1) is 19.2. The van der Waals surface area contributed by atoms with Crippen molar-refractivity contribution < 1.29 is 4.57 Å². The number of para-hydroxylation sites is 1. The molecule has 0 atom stereocenters. The molecule has 3 aromatic rings. The molecule has 0 radical (unpaired) electrons. The number of fused-ring (bicyclic) bond motifs is 1. The molecule has 0 aliphatic carbocycles. The van der Waals surface area contributed by atoms with E-state index in [9.17, 15) is 0 Å². The van der Waals surface area contributed by atoms with Crippen LogP contribution < -0.4 is 9.47 Å². The van der Waals surface area contributed by atoms with Crippen molar-refractivity contribution in [3.8, 4) is 0 Å². The van der Waals surface area contributed by atoms with E-state index in [-0.39, 0.29) is 0 Å². The Labute approximate surface area is 239 Å². The summed E-state index contributed by atoms with van der Waals surface area (Å²) in [5.74, 6) is 0. The van der Waals surface area contributed by atoms with Crippen LogP contribution in [-0.2, 0) is 6.54 Å². The molecule has 3 rings (SSSR count). The van der Waals surface area contributed by atoms with Gasteiger partial charge < -0.3 is 4.90 Å². The van der Waals surface area contributed by atoms with Gasteiger partial charge in [-0.25, -0.2) is 0 Å². The SMILES string of the molecule is CCCCCCCCCCCCCCCCCC[n+]1ccc(C=Nc2ccc(N(C)C)cc2)c2ccccc21. The topological polar surface area (TPSA) is 19.5 Å². The van der Waals surface area contributed by atoms with E-state index >= 15 is 0 Å². The second-order valence-corrected chi connectivity index (χ2v) is 11.5. The average molecular weight is 529 g/mol. The Morgan fingerprint density at radius 3 is 1.74 bits per heavy atom. The number of unbranched alkanes of at least 4 members (excludes halogenated alkanes) is 15. The maximum absolute atomic E-state index is 4.75. The number of hydrogen-bond acceptors (Lipinski definition) is 2. The number of aromatic nitrogens is 1. The Morgan fingerprint density at radius 1 is 0.641 bits per heavy atom. The molecule has 1 aromatic heterocycles. The molecule has 0 bridgehead atoms. The predicted molar refractivity (Wildman–Crippen MR) is 172 cm³/mol. The van der Waals surface area contributed by atoms with Gasteiger partial charge in [0.1, 0.15) is 6.54 Å². The lowest BCUT2D eigenvalue weighted by Crippen LogP contribution is -2.34. The normalized spacial score (nSPS) is 11.6. The first-order valence-electron chi connectivity index (χ1n) is 15.9. The maximum Gasteiger partial charge on any atom is 0.213 e. The van der Waals surface area contributed by atoms with Crippen LogP contribution in [0.1, 0.15) is 115 Å². The van der Waals surface area contributed by atoms with Crippen LogP contribution in [0.3, 0.4) is 0 Å². The summed E-state index contributed by atoms with van der Waals surface area (Å²) in [7, 11) is 4.12. The van der Waals surface area contributed by atoms with Crippen molar-refractivity contribution in [2.24, 2.45) is 4.99 Å². The minimum Gasteiger partial charge on any atom is -0.378 e. The van der Waals surface area contributed by atoms with Crippen molar-refractivity contribution in [1.82, 2.24) is 0 Å². The highest BCUT2D eigenvalue weighted by atomic mass is 15.1. The van der Waals surface area contributed by atoms with E-state index in [1.807, 2.05) is 6.21 Å². The van der Waals surface area contributed by atoms with Crippen LogP contribution in [-0.4, -0.2) is 20.3 Å². The average Bonchev–Trinajstić information content (AvgIpc) is 2.96. The van der Waals surface area contributed by atoms with Gasteiger partial charge in [-0.15, -0.1) is 0 Å². The van der Waals surface area contributed by atoms with Crippen molar-refractivity contribution in [1.29, 1.82) is 0 Å². The standard InChI is InChI=1S/C36H54N3/c1-4-5-6-7-8-9-10-11-12-13-14-15-16-17-18-21-29-39-30-28-32(35-22-19-20-23-36(35)39)31-37-33-24-26-34(27-25-33)38(2)3/h19-20,22-28,30-31H,4-18,21,29H2,1-3H3/q+1. The third kappa shape index (κ3) is 11.5. The quantitative estimate of drug-likeness (QED) is 0.0811. The van der Waals surface area contributed by atoms with Crippen LogP contribution in [0.25, 0.3) is 10.9 Å². The smallest absolute Gasteiger partial charge is 0.213 e.